The van der Waals surface area contributed by atoms with Crippen molar-refractivity contribution < 1.29 is 5.11 Å². The molecular weight excluding hydrogens is 320 g/mol. The summed E-state index contributed by atoms with van der Waals surface area (Å²) in [5.74, 6) is 1.02. The number of nitrogens with one attached hydrogen (secondary N) is 1. The van der Waals surface area contributed by atoms with Crippen LogP contribution in [0.1, 0.15) is 49.7 Å². The van der Waals surface area contributed by atoms with E-state index in [0.29, 0.717) is 29.8 Å². The van der Waals surface area contributed by atoms with Crippen LogP contribution in [0.4, 0.5) is 0 Å². The molecular formula is C23H30N2O. The Morgan fingerprint density at radius 1 is 1.00 bits per heavy atom. The van der Waals surface area contributed by atoms with Gasteiger partial charge in [-0.25, -0.2) is 0 Å². The van der Waals surface area contributed by atoms with Crippen LogP contribution in [-0.2, 0) is 6.54 Å². The van der Waals surface area contributed by atoms with Crippen molar-refractivity contribution >= 4 is 0 Å². The van der Waals surface area contributed by atoms with Gasteiger partial charge in [-0.2, -0.15) is 0 Å². The van der Waals surface area contributed by atoms with E-state index >= 15 is 0 Å². The van der Waals surface area contributed by atoms with Gasteiger partial charge in [-0.05, 0) is 61.8 Å². The highest BCUT2D eigenvalue weighted by Crippen LogP contribution is 2.43. The summed E-state index contributed by atoms with van der Waals surface area (Å²) in [5.41, 5.74) is 2.75. The highest BCUT2D eigenvalue weighted by Gasteiger charge is 2.41. The lowest BCUT2D eigenvalue weighted by atomic mass is 9.85. The lowest BCUT2D eigenvalue weighted by molar-refractivity contribution is 0.115. The molecule has 3 nitrogen and oxygen atoms in total. The maximum absolute atomic E-state index is 9.53. The van der Waals surface area contributed by atoms with Crippen molar-refractivity contribution in [1.29, 1.82) is 0 Å². The predicted octanol–water partition coefficient (Wildman–Crippen LogP) is 4.28. The molecule has 2 fully saturated rings. The van der Waals surface area contributed by atoms with E-state index in [4.69, 9.17) is 0 Å². The van der Waals surface area contributed by atoms with Crippen LogP contribution in [0.5, 0.6) is 5.75 Å². The second-order valence-corrected chi connectivity index (χ2v) is 8.11. The quantitative estimate of drug-likeness (QED) is 0.816. The Balaban J connectivity index is 1.32. The summed E-state index contributed by atoms with van der Waals surface area (Å²) in [6.07, 6.45) is 5.19. The Morgan fingerprint density at radius 2 is 1.65 bits per heavy atom. The second-order valence-electron chi connectivity index (χ2n) is 8.11. The molecule has 0 aliphatic carbocycles. The summed E-state index contributed by atoms with van der Waals surface area (Å²) < 4.78 is 0. The topological polar surface area (TPSA) is 35.5 Å². The fourth-order valence-electron chi connectivity index (χ4n) is 4.86. The lowest BCUT2D eigenvalue weighted by Crippen LogP contribution is -2.48. The van der Waals surface area contributed by atoms with Crippen LogP contribution in [0.25, 0.3) is 0 Å². The van der Waals surface area contributed by atoms with Gasteiger partial charge in [-0.1, -0.05) is 42.5 Å². The van der Waals surface area contributed by atoms with E-state index in [1.165, 1.54) is 36.8 Å². The zero-order valence-electron chi connectivity index (χ0n) is 15.6. The maximum atomic E-state index is 9.53. The van der Waals surface area contributed by atoms with Crippen molar-refractivity contribution in [2.75, 3.05) is 6.54 Å². The number of aromatic hydroxyl groups is 1. The van der Waals surface area contributed by atoms with E-state index in [-0.39, 0.29) is 0 Å². The zero-order chi connectivity index (χ0) is 17.9. The highest BCUT2D eigenvalue weighted by atomic mass is 16.3. The molecule has 2 aromatic rings. The van der Waals surface area contributed by atoms with Gasteiger partial charge in [-0.15, -0.1) is 0 Å². The van der Waals surface area contributed by atoms with Crippen LogP contribution in [-0.4, -0.2) is 34.7 Å². The molecule has 2 heterocycles. The number of phenols is 1. The molecule has 0 aromatic heterocycles. The number of nitrogens with zero attached hydrogens (tertiary/aromatic N) is 1. The first-order valence-electron chi connectivity index (χ1n) is 10.0. The molecule has 4 rings (SSSR count). The summed E-state index contributed by atoms with van der Waals surface area (Å²) in [5, 5.41) is 13.2. The number of piperidine rings is 1. The van der Waals surface area contributed by atoms with Crippen molar-refractivity contribution in [3.05, 3.63) is 65.7 Å². The van der Waals surface area contributed by atoms with E-state index in [0.717, 1.165) is 13.1 Å². The SMILES string of the molecule is CC(CN1C2CCC1CC(c1ccc(O)cc1)C2)NCc1ccccc1. The van der Waals surface area contributed by atoms with Gasteiger partial charge in [0.1, 0.15) is 5.75 Å². The molecule has 2 N–H and O–H groups in total. The van der Waals surface area contributed by atoms with Crippen molar-refractivity contribution in [1.82, 2.24) is 10.2 Å². The normalized spacial score (nSPS) is 26.7. The number of hydrogen-bond donors (Lipinski definition) is 2. The van der Waals surface area contributed by atoms with Crippen molar-refractivity contribution in [2.45, 2.75) is 63.2 Å². The fourth-order valence-corrected chi connectivity index (χ4v) is 4.86. The Kier molecular flexibility index (Phi) is 5.28. The first-order valence-corrected chi connectivity index (χ1v) is 10.0. The molecule has 0 saturated carbocycles. The van der Waals surface area contributed by atoms with Crippen molar-refractivity contribution in [3.63, 3.8) is 0 Å². The first kappa shape index (κ1) is 17.6. The summed E-state index contributed by atoms with van der Waals surface area (Å²) in [4.78, 5) is 2.76. The van der Waals surface area contributed by atoms with E-state index in [1.54, 1.807) is 0 Å². The third-order valence-corrected chi connectivity index (χ3v) is 6.23. The molecule has 3 heteroatoms. The standard InChI is InChI=1S/C23H30N2O/c1-17(24-15-18-5-3-2-4-6-18)16-25-21-9-10-22(25)14-20(13-21)19-7-11-23(26)12-8-19/h2-8,11-12,17,20-22,24,26H,9-10,13-16H2,1H3. The van der Waals surface area contributed by atoms with E-state index in [9.17, 15) is 5.11 Å². The average molecular weight is 351 g/mol. The number of hydrogen-bond acceptors (Lipinski definition) is 3. The smallest absolute Gasteiger partial charge is 0.115 e. The molecule has 2 saturated heterocycles. The Bertz CT molecular complexity index is 686. The van der Waals surface area contributed by atoms with Crippen molar-refractivity contribution in [2.24, 2.45) is 0 Å². The van der Waals surface area contributed by atoms with Crippen LogP contribution in [0.2, 0.25) is 0 Å². The van der Waals surface area contributed by atoms with E-state index in [2.05, 4.69) is 59.6 Å². The summed E-state index contributed by atoms with van der Waals surface area (Å²) >= 11 is 0. The molecule has 2 bridgehead atoms. The van der Waals surface area contributed by atoms with Gasteiger partial charge in [0.25, 0.3) is 0 Å². The molecule has 2 aliphatic rings. The summed E-state index contributed by atoms with van der Waals surface area (Å²) in [6, 6.07) is 20.5. The third-order valence-electron chi connectivity index (χ3n) is 6.23. The van der Waals surface area contributed by atoms with Crippen LogP contribution in [0.3, 0.4) is 0 Å². The molecule has 0 radical (unpaired) electrons. The number of benzene rings is 2. The van der Waals surface area contributed by atoms with Gasteiger partial charge >= 0.3 is 0 Å². The van der Waals surface area contributed by atoms with Gasteiger partial charge in [-0.3, -0.25) is 4.90 Å². The number of rotatable bonds is 6. The van der Waals surface area contributed by atoms with Crippen LogP contribution in [0.15, 0.2) is 54.6 Å². The van der Waals surface area contributed by atoms with Gasteiger partial charge in [0.15, 0.2) is 0 Å². The highest BCUT2D eigenvalue weighted by molar-refractivity contribution is 5.29. The Labute approximate surface area is 157 Å². The van der Waals surface area contributed by atoms with Gasteiger partial charge in [0, 0.05) is 31.2 Å². The molecule has 2 aliphatic heterocycles. The zero-order valence-corrected chi connectivity index (χ0v) is 15.6. The minimum absolute atomic E-state index is 0.368. The minimum Gasteiger partial charge on any atom is -0.508 e. The van der Waals surface area contributed by atoms with Gasteiger partial charge in [0.2, 0.25) is 0 Å². The number of fused-ring (bicyclic) bond motifs is 2. The molecule has 2 aromatic carbocycles. The average Bonchev–Trinajstić information content (AvgIpc) is 2.89. The minimum atomic E-state index is 0.368. The number of phenolic OH excluding ortho intramolecular Hbond substituents is 1. The molecule has 0 spiro atoms. The monoisotopic (exact) mass is 350 g/mol. The maximum Gasteiger partial charge on any atom is 0.115 e. The third kappa shape index (κ3) is 3.94. The second kappa shape index (κ2) is 7.81. The summed E-state index contributed by atoms with van der Waals surface area (Å²) in [6.45, 7) is 4.40. The van der Waals surface area contributed by atoms with Crippen LogP contribution in [0, 0.1) is 0 Å². The van der Waals surface area contributed by atoms with Crippen LogP contribution < -0.4 is 5.32 Å². The molecule has 3 unspecified atom stereocenters. The van der Waals surface area contributed by atoms with E-state index < -0.39 is 0 Å². The molecule has 138 valence electrons. The van der Waals surface area contributed by atoms with Crippen LogP contribution >= 0.6 is 0 Å². The Hall–Kier alpha value is -1.84. The van der Waals surface area contributed by atoms with E-state index in [1.807, 2.05) is 12.1 Å². The Morgan fingerprint density at radius 3 is 2.31 bits per heavy atom. The van der Waals surface area contributed by atoms with Gasteiger partial charge in [0.05, 0.1) is 0 Å². The molecule has 3 atom stereocenters. The lowest BCUT2D eigenvalue weighted by Gasteiger charge is -2.40. The molecule has 26 heavy (non-hydrogen) atoms. The van der Waals surface area contributed by atoms with Crippen molar-refractivity contribution in [3.8, 4) is 5.75 Å². The fraction of sp³-hybridized carbons (Fsp3) is 0.478. The summed E-state index contributed by atoms with van der Waals surface area (Å²) in [7, 11) is 0. The molecule has 0 amide bonds. The first-order chi connectivity index (χ1) is 12.7. The van der Waals surface area contributed by atoms with Gasteiger partial charge < -0.3 is 10.4 Å². The predicted molar refractivity (Wildman–Crippen MR) is 106 cm³/mol. The largest absolute Gasteiger partial charge is 0.508 e.